The number of aromatic nitrogens is 1. The van der Waals surface area contributed by atoms with Crippen LogP contribution in [-0.2, 0) is 25.3 Å². The van der Waals surface area contributed by atoms with Gasteiger partial charge in [0.05, 0.1) is 17.8 Å². The molecule has 3 rings (SSSR count). The minimum Gasteiger partial charge on any atom is -0.464 e. The number of hydrogen-bond acceptors (Lipinski definition) is 6. The maximum atomic E-state index is 12.0. The van der Waals surface area contributed by atoms with Crippen molar-refractivity contribution in [2.45, 2.75) is 58.3 Å². The first-order chi connectivity index (χ1) is 10.7. The third-order valence-corrected chi connectivity index (χ3v) is 4.89. The fourth-order valence-electron chi connectivity index (χ4n) is 2.84. The van der Waals surface area contributed by atoms with Crippen molar-refractivity contribution >= 4 is 24.4 Å². The van der Waals surface area contributed by atoms with E-state index in [1.165, 1.54) is 0 Å². The summed E-state index contributed by atoms with van der Waals surface area (Å²) in [7, 11) is -0.459. The van der Waals surface area contributed by atoms with E-state index in [4.69, 9.17) is 14.0 Å². The van der Waals surface area contributed by atoms with Crippen LogP contribution in [0, 0.1) is 0 Å². The lowest BCUT2D eigenvalue weighted by molar-refractivity contribution is -0.143. The second-order valence-corrected chi connectivity index (χ2v) is 6.97. The van der Waals surface area contributed by atoms with Gasteiger partial charge in [-0.3, -0.25) is 0 Å². The van der Waals surface area contributed by atoms with Gasteiger partial charge in [0.1, 0.15) is 11.9 Å². The van der Waals surface area contributed by atoms with Crippen LogP contribution in [0.5, 0.6) is 0 Å². The SMILES string of the molecule is CCOC(=O)C1Cc2c(B3OC(C)(C)C(C)(C)O3)ccnc2N1. The topological polar surface area (TPSA) is 69.7 Å². The van der Waals surface area contributed by atoms with Crippen molar-refractivity contribution < 1.29 is 18.8 Å². The Kier molecular flexibility index (Phi) is 3.88. The third-order valence-electron chi connectivity index (χ3n) is 4.89. The van der Waals surface area contributed by atoms with Crippen molar-refractivity contribution in [1.82, 2.24) is 4.98 Å². The first-order valence-corrected chi connectivity index (χ1v) is 8.02. The van der Waals surface area contributed by atoms with Gasteiger partial charge < -0.3 is 19.4 Å². The zero-order valence-electron chi connectivity index (χ0n) is 14.3. The highest BCUT2D eigenvalue weighted by atomic mass is 16.7. The summed E-state index contributed by atoms with van der Waals surface area (Å²) >= 11 is 0. The average Bonchev–Trinajstić information content (AvgIpc) is 2.98. The number of hydrogen-bond donors (Lipinski definition) is 1. The number of ether oxygens (including phenoxy) is 1. The minimum atomic E-state index is -0.459. The van der Waals surface area contributed by atoms with Gasteiger partial charge in [-0.2, -0.15) is 0 Å². The van der Waals surface area contributed by atoms with Gasteiger partial charge in [-0.05, 0) is 51.7 Å². The molecule has 1 fully saturated rings. The Morgan fingerprint density at radius 1 is 1.39 bits per heavy atom. The summed E-state index contributed by atoms with van der Waals surface area (Å²) in [4.78, 5) is 16.3. The molecule has 124 valence electrons. The molecule has 0 aliphatic carbocycles. The summed E-state index contributed by atoms with van der Waals surface area (Å²) < 4.78 is 17.3. The Balaban J connectivity index is 1.86. The first-order valence-electron chi connectivity index (χ1n) is 8.02. The van der Waals surface area contributed by atoms with Gasteiger partial charge >= 0.3 is 13.1 Å². The Bertz CT molecular complexity index is 617. The van der Waals surface area contributed by atoms with Crippen LogP contribution in [-0.4, -0.2) is 41.9 Å². The zero-order valence-corrected chi connectivity index (χ0v) is 14.3. The number of carbonyl (C=O) groups is 1. The molecule has 7 heteroatoms. The van der Waals surface area contributed by atoms with Gasteiger partial charge in [0.25, 0.3) is 0 Å². The van der Waals surface area contributed by atoms with Crippen molar-refractivity contribution in [2.75, 3.05) is 11.9 Å². The molecule has 0 bridgehead atoms. The van der Waals surface area contributed by atoms with E-state index in [-0.39, 0.29) is 5.97 Å². The van der Waals surface area contributed by atoms with Crippen LogP contribution in [0.15, 0.2) is 12.3 Å². The van der Waals surface area contributed by atoms with Gasteiger partial charge in [0.15, 0.2) is 0 Å². The number of anilines is 1. The summed E-state index contributed by atoms with van der Waals surface area (Å²) in [6.45, 7) is 10.3. The lowest BCUT2D eigenvalue weighted by Gasteiger charge is -2.32. The molecule has 0 aromatic carbocycles. The first kappa shape index (κ1) is 16.3. The van der Waals surface area contributed by atoms with Crippen LogP contribution in [0.4, 0.5) is 5.82 Å². The predicted molar refractivity (Wildman–Crippen MR) is 87.7 cm³/mol. The highest BCUT2D eigenvalue weighted by molar-refractivity contribution is 6.62. The highest BCUT2D eigenvalue weighted by Crippen LogP contribution is 2.37. The van der Waals surface area contributed by atoms with Gasteiger partial charge in [-0.1, -0.05) is 0 Å². The van der Waals surface area contributed by atoms with Gasteiger partial charge in [0.2, 0.25) is 0 Å². The van der Waals surface area contributed by atoms with E-state index in [0.29, 0.717) is 18.8 Å². The Hall–Kier alpha value is -1.60. The fourth-order valence-corrected chi connectivity index (χ4v) is 2.84. The van der Waals surface area contributed by atoms with Crippen molar-refractivity contribution in [3.63, 3.8) is 0 Å². The molecule has 1 atom stereocenters. The van der Waals surface area contributed by atoms with Crippen LogP contribution in [0.25, 0.3) is 0 Å². The molecular weight excluding hydrogens is 295 g/mol. The molecule has 0 radical (unpaired) electrons. The zero-order chi connectivity index (χ0) is 16.8. The summed E-state index contributed by atoms with van der Waals surface area (Å²) in [5, 5.41) is 3.13. The maximum absolute atomic E-state index is 12.0. The molecule has 23 heavy (non-hydrogen) atoms. The van der Waals surface area contributed by atoms with E-state index in [1.54, 1.807) is 13.1 Å². The molecule has 0 spiro atoms. The molecule has 1 unspecified atom stereocenters. The highest BCUT2D eigenvalue weighted by Gasteiger charge is 2.52. The van der Waals surface area contributed by atoms with Crippen LogP contribution >= 0.6 is 0 Å². The summed E-state index contributed by atoms with van der Waals surface area (Å²) in [6, 6.07) is 1.50. The second-order valence-electron chi connectivity index (χ2n) is 6.97. The molecule has 1 saturated heterocycles. The number of pyridine rings is 1. The predicted octanol–water partition coefficient (Wildman–Crippen LogP) is 1.28. The van der Waals surface area contributed by atoms with Crippen LogP contribution in [0.1, 0.15) is 40.2 Å². The lowest BCUT2D eigenvalue weighted by Crippen LogP contribution is -2.41. The largest absolute Gasteiger partial charge is 0.495 e. The number of fused-ring (bicyclic) bond motifs is 1. The van der Waals surface area contributed by atoms with E-state index < -0.39 is 24.4 Å². The average molecular weight is 318 g/mol. The van der Waals surface area contributed by atoms with Gasteiger partial charge in [0, 0.05) is 12.6 Å². The quantitative estimate of drug-likeness (QED) is 0.669. The van der Waals surface area contributed by atoms with Crippen LogP contribution < -0.4 is 10.8 Å². The molecule has 3 heterocycles. The summed E-state index contributed by atoms with van der Waals surface area (Å²) in [6.07, 6.45) is 2.24. The van der Waals surface area contributed by atoms with Crippen molar-refractivity contribution in [3.8, 4) is 0 Å². The molecule has 1 aromatic heterocycles. The molecular formula is C16H23BN2O4. The minimum absolute atomic E-state index is 0.259. The van der Waals surface area contributed by atoms with Gasteiger partial charge in [-0.25, -0.2) is 9.78 Å². The molecule has 0 amide bonds. The van der Waals surface area contributed by atoms with Crippen molar-refractivity contribution in [2.24, 2.45) is 0 Å². The van der Waals surface area contributed by atoms with Crippen LogP contribution in [0.3, 0.4) is 0 Å². The van der Waals surface area contributed by atoms with E-state index in [2.05, 4.69) is 10.3 Å². The number of nitrogens with zero attached hydrogens (tertiary/aromatic N) is 1. The van der Waals surface area contributed by atoms with E-state index in [9.17, 15) is 4.79 Å². The maximum Gasteiger partial charge on any atom is 0.495 e. The number of rotatable bonds is 3. The number of esters is 1. The number of carbonyl (C=O) groups excluding carboxylic acids is 1. The van der Waals surface area contributed by atoms with E-state index in [1.807, 2.05) is 33.8 Å². The number of nitrogens with one attached hydrogen (secondary N) is 1. The normalized spacial score (nSPS) is 24.2. The molecule has 6 nitrogen and oxygen atoms in total. The van der Waals surface area contributed by atoms with Gasteiger partial charge in [-0.15, -0.1) is 0 Å². The second kappa shape index (κ2) is 5.49. The smallest absolute Gasteiger partial charge is 0.464 e. The third kappa shape index (κ3) is 2.72. The summed E-state index contributed by atoms with van der Waals surface area (Å²) in [5.74, 6) is 0.445. The van der Waals surface area contributed by atoms with E-state index in [0.717, 1.165) is 11.0 Å². The Morgan fingerprint density at radius 2 is 2.04 bits per heavy atom. The monoisotopic (exact) mass is 318 g/mol. The van der Waals surface area contributed by atoms with Crippen LogP contribution in [0.2, 0.25) is 0 Å². The molecule has 2 aliphatic rings. The Labute approximate surface area is 137 Å². The molecule has 1 N–H and O–H groups in total. The molecule has 1 aromatic rings. The van der Waals surface area contributed by atoms with Crippen molar-refractivity contribution in [1.29, 1.82) is 0 Å². The van der Waals surface area contributed by atoms with Crippen molar-refractivity contribution in [3.05, 3.63) is 17.8 Å². The fraction of sp³-hybridized carbons (Fsp3) is 0.625. The lowest BCUT2D eigenvalue weighted by atomic mass is 9.76. The molecule has 2 aliphatic heterocycles. The van der Waals surface area contributed by atoms with E-state index >= 15 is 0 Å². The molecule has 0 saturated carbocycles. The Morgan fingerprint density at radius 3 is 2.65 bits per heavy atom. The standard InChI is InChI=1S/C16H23BN2O4/c1-6-21-14(20)12-9-10-11(7-8-18-13(10)19-12)17-22-15(2,3)16(4,5)23-17/h7-8,12H,6,9H2,1-5H3,(H,18,19). The summed E-state index contributed by atoms with van der Waals surface area (Å²) in [5.41, 5.74) is 1.08.